The third-order valence-corrected chi connectivity index (χ3v) is 2.77. The monoisotopic (exact) mass is 296 g/mol. The van der Waals surface area contributed by atoms with E-state index in [1.54, 1.807) is 19.9 Å². The molecule has 0 fully saturated rings. The van der Waals surface area contributed by atoms with Gasteiger partial charge in [-0.25, -0.2) is 4.39 Å². The van der Waals surface area contributed by atoms with Crippen molar-refractivity contribution in [3.8, 4) is 0 Å². The first-order valence-electron chi connectivity index (χ1n) is 6.87. The fourth-order valence-corrected chi connectivity index (χ4v) is 1.69. The van der Waals surface area contributed by atoms with E-state index in [-0.39, 0.29) is 18.2 Å². The topological polar surface area (TPSA) is 81.4 Å². The van der Waals surface area contributed by atoms with Crippen LogP contribution < -0.4 is 11.1 Å². The largest absolute Gasteiger partial charge is 0.462 e. The van der Waals surface area contributed by atoms with Crippen molar-refractivity contribution < 1.29 is 18.7 Å². The van der Waals surface area contributed by atoms with E-state index in [0.29, 0.717) is 6.42 Å². The maximum atomic E-state index is 13.4. The van der Waals surface area contributed by atoms with Crippen LogP contribution in [0.4, 0.5) is 4.39 Å². The number of carbonyl (C=O) groups is 2. The Morgan fingerprint density at radius 3 is 2.57 bits per heavy atom. The summed E-state index contributed by atoms with van der Waals surface area (Å²) in [5, 5.41) is 2.50. The van der Waals surface area contributed by atoms with Crippen LogP contribution in [0.5, 0.6) is 0 Å². The molecule has 21 heavy (non-hydrogen) atoms. The van der Waals surface area contributed by atoms with Gasteiger partial charge < -0.3 is 15.8 Å². The van der Waals surface area contributed by atoms with Crippen molar-refractivity contribution in [3.05, 3.63) is 35.1 Å². The van der Waals surface area contributed by atoms with E-state index in [1.807, 2.05) is 6.92 Å². The zero-order chi connectivity index (χ0) is 16.0. The molecule has 0 saturated carbocycles. The van der Waals surface area contributed by atoms with Crippen molar-refractivity contribution in [2.75, 3.05) is 6.54 Å². The Bertz CT molecular complexity index is 518. The third kappa shape index (κ3) is 5.51. The summed E-state index contributed by atoms with van der Waals surface area (Å²) >= 11 is 0. The lowest BCUT2D eigenvalue weighted by atomic mass is 10.1. The molecule has 1 atom stereocenters. The van der Waals surface area contributed by atoms with Gasteiger partial charge in [-0.05, 0) is 44.0 Å². The van der Waals surface area contributed by atoms with Gasteiger partial charge in [0.05, 0.1) is 6.10 Å². The first kappa shape index (κ1) is 17.1. The van der Waals surface area contributed by atoms with Gasteiger partial charge in [0.25, 0.3) is 5.91 Å². The number of nitrogens with two attached hydrogens (primary N) is 1. The molecule has 0 heterocycles. The lowest BCUT2D eigenvalue weighted by Gasteiger charge is -2.14. The summed E-state index contributed by atoms with van der Waals surface area (Å²) < 4.78 is 18.3. The number of hydrogen-bond acceptors (Lipinski definition) is 4. The highest BCUT2D eigenvalue weighted by Crippen LogP contribution is 2.10. The standard InChI is InChI=1S/C15H21FN2O3/c1-4-10-5-11(7-12(16)6-10)14(19)18-8-13(17)15(20)21-9(2)3/h5-7,9,13H,4,8,17H2,1-3H3,(H,18,19)/t13-/m1/s1. The van der Waals surface area contributed by atoms with E-state index in [0.717, 1.165) is 11.6 Å². The molecule has 1 amide bonds. The van der Waals surface area contributed by atoms with Crippen LogP contribution in [0.1, 0.15) is 36.7 Å². The number of hydrogen-bond donors (Lipinski definition) is 2. The zero-order valence-electron chi connectivity index (χ0n) is 12.5. The maximum absolute atomic E-state index is 13.4. The number of nitrogens with one attached hydrogen (secondary N) is 1. The summed E-state index contributed by atoms with van der Waals surface area (Å²) in [6.07, 6.45) is 0.354. The second-order valence-electron chi connectivity index (χ2n) is 5.00. The summed E-state index contributed by atoms with van der Waals surface area (Å²) in [7, 11) is 0. The Kier molecular flexibility index (Phi) is 6.30. The number of rotatable bonds is 6. The van der Waals surface area contributed by atoms with Crippen LogP contribution in [0.15, 0.2) is 18.2 Å². The van der Waals surface area contributed by atoms with Gasteiger partial charge in [0, 0.05) is 12.1 Å². The van der Waals surface area contributed by atoms with Gasteiger partial charge in [0.15, 0.2) is 0 Å². The molecule has 3 N–H and O–H groups in total. The van der Waals surface area contributed by atoms with Crippen LogP contribution >= 0.6 is 0 Å². The summed E-state index contributed by atoms with van der Waals surface area (Å²) in [5.74, 6) is -1.53. The Hall–Kier alpha value is -1.95. The smallest absolute Gasteiger partial charge is 0.325 e. The van der Waals surface area contributed by atoms with E-state index >= 15 is 0 Å². The number of benzene rings is 1. The Morgan fingerprint density at radius 2 is 2.00 bits per heavy atom. The summed E-state index contributed by atoms with van der Waals surface area (Å²) in [6.45, 7) is 5.22. The minimum Gasteiger partial charge on any atom is -0.462 e. The number of halogens is 1. The van der Waals surface area contributed by atoms with Crippen LogP contribution in [0.25, 0.3) is 0 Å². The highest BCUT2D eigenvalue weighted by molar-refractivity contribution is 5.94. The molecule has 0 aliphatic carbocycles. The minimum atomic E-state index is -0.949. The first-order chi connectivity index (χ1) is 9.83. The second-order valence-corrected chi connectivity index (χ2v) is 5.00. The predicted molar refractivity (Wildman–Crippen MR) is 77.3 cm³/mol. The van der Waals surface area contributed by atoms with Crippen molar-refractivity contribution in [3.63, 3.8) is 0 Å². The molecule has 0 saturated heterocycles. The average Bonchev–Trinajstić information content (AvgIpc) is 2.42. The molecule has 0 radical (unpaired) electrons. The molecule has 0 aliphatic heterocycles. The van der Waals surface area contributed by atoms with Gasteiger partial charge in [0.1, 0.15) is 11.9 Å². The van der Waals surface area contributed by atoms with Gasteiger partial charge in [-0.2, -0.15) is 0 Å². The van der Waals surface area contributed by atoms with Gasteiger partial charge in [-0.15, -0.1) is 0 Å². The van der Waals surface area contributed by atoms with Crippen molar-refractivity contribution in [1.29, 1.82) is 0 Å². The fourth-order valence-electron chi connectivity index (χ4n) is 1.69. The van der Waals surface area contributed by atoms with Gasteiger partial charge in [-0.3, -0.25) is 9.59 Å². The van der Waals surface area contributed by atoms with Crippen LogP contribution in [0, 0.1) is 5.82 Å². The Balaban J connectivity index is 2.61. The number of esters is 1. The quantitative estimate of drug-likeness (QED) is 0.777. The molecule has 1 rings (SSSR count). The Morgan fingerprint density at radius 1 is 1.33 bits per heavy atom. The van der Waals surface area contributed by atoms with Crippen molar-refractivity contribution in [2.45, 2.75) is 39.3 Å². The highest BCUT2D eigenvalue weighted by atomic mass is 19.1. The summed E-state index contributed by atoms with van der Waals surface area (Å²) in [6, 6.07) is 3.18. The Labute approximate surface area is 123 Å². The van der Waals surface area contributed by atoms with E-state index in [4.69, 9.17) is 10.5 Å². The van der Waals surface area contributed by atoms with Crippen LogP contribution in [0.2, 0.25) is 0 Å². The molecule has 0 aliphatic rings. The normalized spacial score (nSPS) is 12.1. The fraction of sp³-hybridized carbons (Fsp3) is 0.467. The summed E-state index contributed by atoms with van der Waals surface area (Å²) in [5.41, 5.74) is 6.55. The number of carbonyl (C=O) groups excluding carboxylic acids is 2. The van der Waals surface area contributed by atoms with Crippen LogP contribution in [-0.4, -0.2) is 30.6 Å². The molecule has 5 nitrogen and oxygen atoms in total. The van der Waals surface area contributed by atoms with Crippen LogP contribution in [0.3, 0.4) is 0 Å². The number of aryl methyl sites for hydroxylation is 1. The molecule has 0 spiro atoms. The number of ether oxygens (including phenoxy) is 1. The minimum absolute atomic E-state index is 0.0671. The molecule has 0 bridgehead atoms. The van der Waals surface area contributed by atoms with Gasteiger partial charge in [0.2, 0.25) is 0 Å². The van der Waals surface area contributed by atoms with Gasteiger partial charge >= 0.3 is 5.97 Å². The molecular formula is C15H21FN2O3. The molecule has 0 aromatic heterocycles. The van der Waals surface area contributed by atoms with Crippen LogP contribution in [-0.2, 0) is 16.0 Å². The predicted octanol–water partition coefficient (Wildman–Crippen LogP) is 1.40. The molecule has 0 unspecified atom stereocenters. The zero-order valence-corrected chi connectivity index (χ0v) is 12.5. The van der Waals surface area contributed by atoms with Crippen molar-refractivity contribution >= 4 is 11.9 Å². The van der Waals surface area contributed by atoms with Gasteiger partial charge in [-0.1, -0.05) is 6.92 Å². The SMILES string of the molecule is CCc1cc(F)cc(C(=O)NC[C@@H](N)C(=O)OC(C)C)c1. The maximum Gasteiger partial charge on any atom is 0.325 e. The molecular weight excluding hydrogens is 275 g/mol. The highest BCUT2D eigenvalue weighted by Gasteiger charge is 2.18. The molecule has 1 aromatic carbocycles. The van der Waals surface area contributed by atoms with E-state index in [9.17, 15) is 14.0 Å². The van der Waals surface area contributed by atoms with E-state index in [2.05, 4.69) is 5.32 Å². The first-order valence-corrected chi connectivity index (χ1v) is 6.87. The average molecular weight is 296 g/mol. The van der Waals surface area contributed by atoms with E-state index < -0.39 is 23.7 Å². The second kappa shape index (κ2) is 7.73. The van der Waals surface area contributed by atoms with Crippen molar-refractivity contribution in [2.24, 2.45) is 5.73 Å². The molecule has 6 heteroatoms. The summed E-state index contributed by atoms with van der Waals surface area (Å²) in [4.78, 5) is 23.4. The third-order valence-electron chi connectivity index (χ3n) is 2.77. The molecule has 1 aromatic rings. The lowest BCUT2D eigenvalue weighted by Crippen LogP contribution is -2.44. The lowest BCUT2D eigenvalue weighted by molar-refractivity contribution is -0.148. The number of amides is 1. The van der Waals surface area contributed by atoms with E-state index in [1.165, 1.54) is 6.07 Å². The van der Waals surface area contributed by atoms with Crippen molar-refractivity contribution in [1.82, 2.24) is 5.32 Å². The molecule has 116 valence electrons.